The molecule has 0 aromatic carbocycles. The van der Waals surface area contributed by atoms with E-state index < -0.39 is 0 Å². The number of hydrogen-bond donors (Lipinski definition) is 0. The van der Waals surface area contributed by atoms with Crippen molar-refractivity contribution >= 4 is 33.6 Å². The van der Waals surface area contributed by atoms with Crippen LogP contribution in [0.3, 0.4) is 0 Å². The van der Waals surface area contributed by atoms with Crippen LogP contribution in [0.25, 0.3) is 0 Å². The van der Waals surface area contributed by atoms with E-state index in [0.717, 1.165) is 28.2 Å². The largest absolute Gasteiger partial charge is 0.272 e. The van der Waals surface area contributed by atoms with Crippen molar-refractivity contribution in [2.24, 2.45) is 15.9 Å². The lowest BCUT2D eigenvalue weighted by Crippen LogP contribution is -2.13. The molecule has 0 aromatic rings. The van der Waals surface area contributed by atoms with Crippen LogP contribution in [0.15, 0.2) is 9.98 Å². The van der Waals surface area contributed by atoms with E-state index in [0.29, 0.717) is 11.3 Å². The van der Waals surface area contributed by atoms with Gasteiger partial charge in [0, 0.05) is 11.0 Å². The molecule has 0 spiro atoms. The maximum Gasteiger partial charge on any atom is 0.124 e. The van der Waals surface area contributed by atoms with Gasteiger partial charge in [0.25, 0.3) is 0 Å². The fourth-order valence-electron chi connectivity index (χ4n) is 2.89. The molecule has 1 saturated carbocycles. The Balaban J connectivity index is 0.000000484. The van der Waals surface area contributed by atoms with Crippen molar-refractivity contribution in [3.63, 3.8) is 0 Å². The van der Waals surface area contributed by atoms with Crippen molar-refractivity contribution in [2.75, 3.05) is 5.75 Å². The molecule has 3 aliphatic rings. The van der Waals surface area contributed by atoms with Gasteiger partial charge in [-0.25, -0.2) is 0 Å². The summed E-state index contributed by atoms with van der Waals surface area (Å²) in [6, 6.07) is 0.435. The van der Waals surface area contributed by atoms with E-state index >= 15 is 0 Å². The minimum absolute atomic E-state index is 0.0241. The number of hydrogen-bond acceptors (Lipinski definition) is 4. The first-order valence-corrected chi connectivity index (χ1v) is 12.4. The van der Waals surface area contributed by atoms with E-state index in [9.17, 15) is 0 Å². The van der Waals surface area contributed by atoms with Gasteiger partial charge in [0.15, 0.2) is 0 Å². The molecule has 0 saturated heterocycles. The van der Waals surface area contributed by atoms with Crippen LogP contribution >= 0.6 is 23.5 Å². The molecule has 0 aromatic heterocycles. The monoisotopic (exact) mass is 394 g/mol. The standard InChI is InChI=1S/C16H24N2S2.C4H8.C2H6/c1-5-13-7-8-14(6-2)18-16(20-12(4)9-13)15-17-11(3)10-19-15;1-2-4-3-1;1-2/h2,11-14H,5,7-10H2,1,3-4H3;1-4H2;1-2H3. The highest BCUT2D eigenvalue weighted by atomic mass is 32.2. The second-order valence-electron chi connectivity index (χ2n) is 7.14. The molecule has 4 heteroatoms. The summed E-state index contributed by atoms with van der Waals surface area (Å²) in [4.78, 5) is 9.56. The summed E-state index contributed by atoms with van der Waals surface area (Å²) >= 11 is 3.70. The SMILES string of the molecule is C#CC1CCC(CC)CC(C)SC(C2=NC(C)CS2)=N1.C1CCC1.CC. The van der Waals surface area contributed by atoms with E-state index in [-0.39, 0.29) is 6.04 Å². The normalized spacial score (nSPS) is 31.1. The van der Waals surface area contributed by atoms with E-state index in [2.05, 4.69) is 26.7 Å². The van der Waals surface area contributed by atoms with Crippen molar-refractivity contribution in [2.45, 2.75) is 103 Å². The quantitative estimate of drug-likeness (QED) is 0.479. The maximum atomic E-state index is 5.67. The Morgan fingerprint density at radius 3 is 2.15 bits per heavy atom. The fraction of sp³-hybridized carbons (Fsp3) is 0.818. The van der Waals surface area contributed by atoms with E-state index in [1.54, 1.807) is 0 Å². The van der Waals surface area contributed by atoms with Gasteiger partial charge in [0.05, 0.1) is 6.04 Å². The lowest BCUT2D eigenvalue weighted by Gasteiger charge is -2.18. The molecule has 148 valence electrons. The molecule has 2 aliphatic heterocycles. The van der Waals surface area contributed by atoms with Gasteiger partial charge in [-0.15, -0.1) is 29.9 Å². The minimum atomic E-state index is 0.0241. The highest BCUT2D eigenvalue weighted by Gasteiger charge is 2.25. The van der Waals surface area contributed by atoms with Gasteiger partial charge in [0.1, 0.15) is 16.1 Å². The average Bonchev–Trinajstić information content (AvgIpc) is 3.04. The van der Waals surface area contributed by atoms with Gasteiger partial charge in [-0.1, -0.05) is 65.7 Å². The Morgan fingerprint density at radius 2 is 1.69 bits per heavy atom. The molecule has 26 heavy (non-hydrogen) atoms. The second-order valence-corrected chi connectivity index (χ2v) is 9.58. The molecular weight excluding hydrogens is 356 g/mol. The first-order valence-electron chi connectivity index (χ1n) is 10.5. The molecule has 1 fully saturated rings. The predicted molar refractivity (Wildman–Crippen MR) is 124 cm³/mol. The summed E-state index contributed by atoms with van der Waals surface area (Å²) in [5.74, 6) is 4.71. The molecule has 0 amide bonds. The van der Waals surface area contributed by atoms with Gasteiger partial charge in [-0.05, 0) is 32.1 Å². The Morgan fingerprint density at radius 1 is 1.04 bits per heavy atom. The predicted octanol–water partition coefficient (Wildman–Crippen LogP) is 6.84. The molecular formula is C22H38N2S2. The highest BCUT2D eigenvalue weighted by molar-refractivity contribution is 8.25. The number of nitrogens with zero attached hydrogens (tertiary/aromatic N) is 2. The zero-order valence-electron chi connectivity index (χ0n) is 17.5. The van der Waals surface area contributed by atoms with Crippen LogP contribution in [0.1, 0.15) is 86.0 Å². The Kier molecular flexibility index (Phi) is 12.5. The van der Waals surface area contributed by atoms with Crippen LogP contribution in [-0.4, -0.2) is 33.2 Å². The van der Waals surface area contributed by atoms with Crippen molar-refractivity contribution in [3.05, 3.63) is 0 Å². The summed E-state index contributed by atoms with van der Waals surface area (Å²) in [6.07, 6.45) is 16.4. The molecule has 2 nitrogen and oxygen atoms in total. The molecule has 4 atom stereocenters. The second kappa shape index (κ2) is 13.7. The third kappa shape index (κ3) is 8.53. The Bertz CT molecular complexity index is 485. The first kappa shape index (κ1) is 23.6. The van der Waals surface area contributed by atoms with Gasteiger partial charge >= 0.3 is 0 Å². The fourth-order valence-corrected chi connectivity index (χ4v) is 5.21. The Labute approximate surface area is 170 Å². The van der Waals surface area contributed by atoms with Gasteiger partial charge < -0.3 is 0 Å². The topological polar surface area (TPSA) is 24.7 Å². The highest BCUT2D eigenvalue weighted by Crippen LogP contribution is 2.32. The van der Waals surface area contributed by atoms with Crippen LogP contribution in [-0.2, 0) is 0 Å². The summed E-state index contributed by atoms with van der Waals surface area (Å²) in [7, 11) is 0. The van der Waals surface area contributed by atoms with Gasteiger partial charge in [0.2, 0.25) is 0 Å². The van der Waals surface area contributed by atoms with Gasteiger partial charge in [-0.3, -0.25) is 9.98 Å². The summed E-state index contributed by atoms with van der Waals surface area (Å²) in [6.45, 7) is 10.8. The number of rotatable bonds is 2. The minimum Gasteiger partial charge on any atom is -0.272 e. The number of terminal acetylenes is 1. The average molecular weight is 395 g/mol. The first-order chi connectivity index (χ1) is 12.6. The summed E-state index contributed by atoms with van der Waals surface area (Å²) in [5.41, 5.74) is 0. The number of thioether (sulfide) groups is 2. The lowest BCUT2D eigenvalue weighted by molar-refractivity contribution is 0.419. The Hall–Kier alpha value is -0.400. The van der Waals surface area contributed by atoms with E-state index in [1.165, 1.54) is 44.9 Å². The number of aliphatic imine (C=N–C) groups is 2. The van der Waals surface area contributed by atoms with Gasteiger partial charge in [-0.2, -0.15) is 0 Å². The van der Waals surface area contributed by atoms with Crippen molar-refractivity contribution < 1.29 is 0 Å². The van der Waals surface area contributed by atoms with E-state index in [1.807, 2.05) is 37.4 Å². The molecule has 2 heterocycles. The lowest BCUT2D eigenvalue weighted by atomic mass is 9.93. The van der Waals surface area contributed by atoms with Crippen LogP contribution < -0.4 is 0 Å². The van der Waals surface area contributed by atoms with Crippen LogP contribution in [0.4, 0.5) is 0 Å². The zero-order valence-corrected chi connectivity index (χ0v) is 19.1. The zero-order chi connectivity index (χ0) is 19.4. The van der Waals surface area contributed by atoms with Crippen LogP contribution in [0.5, 0.6) is 0 Å². The van der Waals surface area contributed by atoms with E-state index in [4.69, 9.17) is 16.4 Å². The molecule has 1 aliphatic carbocycles. The molecule has 3 rings (SSSR count). The molecule has 0 bridgehead atoms. The van der Waals surface area contributed by atoms with Crippen LogP contribution in [0, 0.1) is 18.3 Å². The third-order valence-corrected chi connectivity index (χ3v) is 7.32. The smallest absolute Gasteiger partial charge is 0.124 e. The van der Waals surface area contributed by atoms with Crippen molar-refractivity contribution in [1.82, 2.24) is 0 Å². The summed E-state index contributed by atoms with van der Waals surface area (Å²) < 4.78 is 0. The third-order valence-electron chi connectivity index (χ3n) is 4.85. The maximum absolute atomic E-state index is 5.67. The molecule has 0 radical (unpaired) electrons. The molecule has 0 N–H and O–H groups in total. The summed E-state index contributed by atoms with van der Waals surface area (Å²) in [5, 5.41) is 2.80. The van der Waals surface area contributed by atoms with Crippen LogP contribution in [0.2, 0.25) is 0 Å². The molecule has 4 unspecified atom stereocenters. The van der Waals surface area contributed by atoms with Crippen molar-refractivity contribution in [3.8, 4) is 12.3 Å². The van der Waals surface area contributed by atoms with Crippen molar-refractivity contribution in [1.29, 1.82) is 0 Å².